The van der Waals surface area contributed by atoms with Crippen LogP contribution in [-0.4, -0.2) is 28.0 Å². The zero-order chi connectivity index (χ0) is 15.5. The number of benzene rings is 1. The van der Waals surface area contributed by atoms with E-state index in [2.05, 4.69) is 15.6 Å². The maximum absolute atomic E-state index is 12.2. The normalized spacial score (nSPS) is 13.0. The van der Waals surface area contributed by atoms with Crippen LogP contribution in [0.5, 0.6) is 5.75 Å². The molecule has 0 atom stereocenters. The minimum Gasteiger partial charge on any atom is -0.482 e. The molecule has 1 aromatic heterocycles. The highest BCUT2D eigenvalue weighted by molar-refractivity contribution is 5.98. The van der Waals surface area contributed by atoms with E-state index in [4.69, 9.17) is 4.74 Å². The smallest absolute Gasteiger partial charge is 0.262 e. The topological polar surface area (TPSA) is 85.2 Å². The van der Waals surface area contributed by atoms with Crippen LogP contribution in [0.2, 0.25) is 0 Å². The molecule has 22 heavy (non-hydrogen) atoms. The van der Waals surface area contributed by atoms with Crippen molar-refractivity contribution in [2.24, 2.45) is 0 Å². The summed E-state index contributed by atoms with van der Waals surface area (Å²) < 4.78 is 7.27. The van der Waals surface area contributed by atoms with Gasteiger partial charge in [0.2, 0.25) is 0 Å². The number of aromatic nitrogens is 2. The number of ether oxygens (including phenoxy) is 1. The van der Waals surface area contributed by atoms with Gasteiger partial charge in [-0.1, -0.05) is 0 Å². The average Bonchev–Trinajstić information content (AvgIpc) is 2.99. The minimum atomic E-state index is -0.202. The first-order chi connectivity index (χ1) is 10.7. The Balaban J connectivity index is 1.69. The predicted molar refractivity (Wildman–Crippen MR) is 79.6 cm³/mol. The fourth-order valence-corrected chi connectivity index (χ4v) is 2.27. The fourth-order valence-electron chi connectivity index (χ4n) is 2.27. The van der Waals surface area contributed by atoms with Crippen molar-refractivity contribution in [3.8, 4) is 5.75 Å². The summed E-state index contributed by atoms with van der Waals surface area (Å²) in [4.78, 5) is 27.5. The van der Waals surface area contributed by atoms with Crippen molar-refractivity contribution in [1.29, 1.82) is 0 Å². The van der Waals surface area contributed by atoms with Crippen LogP contribution in [0, 0.1) is 0 Å². The summed E-state index contributed by atoms with van der Waals surface area (Å²) in [6.45, 7) is 3.19. The lowest BCUT2D eigenvalue weighted by atomic mass is 10.1. The van der Waals surface area contributed by atoms with Crippen LogP contribution in [-0.2, 0) is 17.9 Å². The summed E-state index contributed by atoms with van der Waals surface area (Å²) in [5, 5.41) is 5.54. The molecule has 0 radical (unpaired) electrons. The number of nitrogens with zero attached hydrogens (tertiary/aromatic N) is 2. The molecule has 0 unspecified atom stereocenters. The Bertz CT molecular complexity index is 723. The zero-order valence-electron chi connectivity index (χ0n) is 12.1. The van der Waals surface area contributed by atoms with Crippen LogP contribution >= 0.6 is 0 Å². The molecule has 0 fully saturated rings. The molecule has 0 spiro atoms. The summed E-state index contributed by atoms with van der Waals surface area (Å²) in [6, 6.07) is 4.94. The molecule has 0 saturated heterocycles. The van der Waals surface area contributed by atoms with Gasteiger partial charge in [-0.2, -0.15) is 0 Å². The summed E-state index contributed by atoms with van der Waals surface area (Å²) in [7, 11) is 0. The molecule has 2 N–H and O–H groups in total. The van der Waals surface area contributed by atoms with Crippen LogP contribution in [0.15, 0.2) is 30.7 Å². The first-order valence-electron chi connectivity index (χ1n) is 7.01. The number of fused-ring (bicyclic) bond motifs is 1. The lowest BCUT2D eigenvalue weighted by Gasteiger charge is -2.18. The van der Waals surface area contributed by atoms with Gasteiger partial charge in [0.15, 0.2) is 6.61 Å². The zero-order valence-corrected chi connectivity index (χ0v) is 12.1. The third-order valence-corrected chi connectivity index (χ3v) is 3.45. The maximum Gasteiger partial charge on any atom is 0.262 e. The van der Waals surface area contributed by atoms with Gasteiger partial charge in [0, 0.05) is 18.3 Å². The Morgan fingerprint density at radius 3 is 3.18 bits per heavy atom. The molecule has 7 heteroatoms. The number of hydrogen-bond donors (Lipinski definition) is 2. The van der Waals surface area contributed by atoms with E-state index < -0.39 is 0 Å². The Morgan fingerprint density at radius 2 is 2.36 bits per heavy atom. The second kappa shape index (κ2) is 5.88. The molecule has 2 amide bonds. The third kappa shape index (κ3) is 2.78. The number of rotatable bonds is 4. The SMILES string of the molecule is CCn1cncc1CNC(=O)c1ccc2c(c1)OCC(=O)N2. The van der Waals surface area contributed by atoms with Crippen molar-refractivity contribution in [1.82, 2.24) is 14.9 Å². The number of hydrogen-bond acceptors (Lipinski definition) is 4. The number of imidazole rings is 1. The van der Waals surface area contributed by atoms with Crippen molar-refractivity contribution in [2.75, 3.05) is 11.9 Å². The van der Waals surface area contributed by atoms with Gasteiger partial charge in [-0.05, 0) is 25.1 Å². The van der Waals surface area contributed by atoms with E-state index in [1.807, 2.05) is 11.5 Å². The second-order valence-electron chi connectivity index (χ2n) is 4.90. The molecule has 114 valence electrons. The standard InChI is InChI=1S/C15H16N4O3/c1-2-19-9-16-6-11(19)7-17-15(21)10-3-4-12-13(5-10)22-8-14(20)18-12/h3-6,9H,2,7-8H2,1H3,(H,17,21)(H,18,20). The molecule has 7 nitrogen and oxygen atoms in total. The Kier molecular flexibility index (Phi) is 3.78. The highest BCUT2D eigenvalue weighted by Crippen LogP contribution is 2.28. The highest BCUT2D eigenvalue weighted by Gasteiger charge is 2.17. The van der Waals surface area contributed by atoms with Crippen LogP contribution in [0.1, 0.15) is 23.0 Å². The molecule has 1 aliphatic rings. The lowest BCUT2D eigenvalue weighted by molar-refractivity contribution is -0.118. The highest BCUT2D eigenvalue weighted by atomic mass is 16.5. The second-order valence-corrected chi connectivity index (χ2v) is 4.90. The molecule has 3 rings (SSSR count). The van der Waals surface area contributed by atoms with Gasteiger partial charge in [0.05, 0.1) is 24.3 Å². The van der Waals surface area contributed by atoms with Crippen LogP contribution in [0.4, 0.5) is 5.69 Å². The van der Waals surface area contributed by atoms with Gasteiger partial charge in [-0.3, -0.25) is 9.59 Å². The number of anilines is 1. The number of amides is 2. The van der Waals surface area contributed by atoms with E-state index in [0.717, 1.165) is 12.2 Å². The first-order valence-corrected chi connectivity index (χ1v) is 7.01. The van der Waals surface area contributed by atoms with E-state index in [0.29, 0.717) is 23.5 Å². The van der Waals surface area contributed by atoms with E-state index in [9.17, 15) is 9.59 Å². The summed E-state index contributed by atoms with van der Waals surface area (Å²) in [6.07, 6.45) is 3.46. The lowest BCUT2D eigenvalue weighted by Crippen LogP contribution is -2.27. The fraction of sp³-hybridized carbons (Fsp3) is 0.267. The maximum atomic E-state index is 12.2. The number of nitrogens with one attached hydrogen (secondary N) is 2. The van der Waals surface area contributed by atoms with Gasteiger partial charge >= 0.3 is 0 Å². The van der Waals surface area contributed by atoms with Crippen molar-refractivity contribution in [2.45, 2.75) is 20.0 Å². The van der Waals surface area contributed by atoms with Gasteiger partial charge in [0.1, 0.15) is 5.75 Å². The van der Waals surface area contributed by atoms with E-state index in [-0.39, 0.29) is 18.4 Å². The number of carbonyl (C=O) groups excluding carboxylic acids is 2. The summed E-state index contributed by atoms with van der Waals surface area (Å²) in [5.74, 6) is 0.107. The largest absolute Gasteiger partial charge is 0.482 e. The van der Waals surface area contributed by atoms with Crippen LogP contribution in [0.25, 0.3) is 0 Å². The van der Waals surface area contributed by atoms with Crippen molar-refractivity contribution in [3.05, 3.63) is 42.0 Å². The average molecular weight is 300 g/mol. The third-order valence-electron chi connectivity index (χ3n) is 3.45. The molecule has 2 aromatic rings. The Hall–Kier alpha value is -2.83. The van der Waals surface area contributed by atoms with Gasteiger partial charge < -0.3 is 19.9 Å². The number of aryl methyl sites for hydroxylation is 1. The molecule has 2 heterocycles. The van der Waals surface area contributed by atoms with Crippen LogP contribution < -0.4 is 15.4 Å². The van der Waals surface area contributed by atoms with Crippen molar-refractivity contribution < 1.29 is 14.3 Å². The van der Waals surface area contributed by atoms with Crippen molar-refractivity contribution >= 4 is 17.5 Å². The molecule has 1 aromatic carbocycles. The van der Waals surface area contributed by atoms with Gasteiger partial charge in [-0.25, -0.2) is 4.98 Å². The molecular formula is C15H16N4O3. The summed E-state index contributed by atoms with van der Waals surface area (Å²) >= 11 is 0. The predicted octanol–water partition coefficient (Wildman–Crippen LogP) is 1.16. The molecular weight excluding hydrogens is 284 g/mol. The summed E-state index contributed by atoms with van der Waals surface area (Å²) in [5.41, 5.74) is 2.01. The van der Waals surface area contributed by atoms with E-state index in [1.165, 1.54) is 0 Å². The Labute approximate surface area is 127 Å². The molecule has 1 aliphatic heterocycles. The molecule has 0 saturated carbocycles. The first kappa shape index (κ1) is 14.1. The van der Waals surface area contributed by atoms with Gasteiger partial charge in [0.25, 0.3) is 11.8 Å². The molecule has 0 bridgehead atoms. The van der Waals surface area contributed by atoms with Gasteiger partial charge in [-0.15, -0.1) is 0 Å². The quantitative estimate of drug-likeness (QED) is 0.887. The number of carbonyl (C=O) groups is 2. The monoisotopic (exact) mass is 300 g/mol. The minimum absolute atomic E-state index is 0.0340. The molecule has 0 aliphatic carbocycles. The Morgan fingerprint density at radius 1 is 1.50 bits per heavy atom. The van der Waals surface area contributed by atoms with E-state index in [1.54, 1.807) is 30.7 Å². The van der Waals surface area contributed by atoms with Crippen LogP contribution in [0.3, 0.4) is 0 Å². The van der Waals surface area contributed by atoms with E-state index >= 15 is 0 Å². The van der Waals surface area contributed by atoms with Crippen molar-refractivity contribution in [3.63, 3.8) is 0 Å².